The summed E-state index contributed by atoms with van der Waals surface area (Å²) in [5.74, 6) is -1.90. The van der Waals surface area contributed by atoms with E-state index in [1.54, 1.807) is 24.3 Å². The molecule has 0 unspecified atom stereocenters. The van der Waals surface area contributed by atoms with E-state index < -0.39 is 29.6 Å². The van der Waals surface area contributed by atoms with E-state index in [2.05, 4.69) is 5.43 Å². The molecular formula is C17H16N2O5. The Balaban J connectivity index is 1.39. The number of benzene rings is 1. The van der Waals surface area contributed by atoms with Gasteiger partial charge in [-0.15, -0.1) is 0 Å². The monoisotopic (exact) mass is 328 g/mol. The highest BCUT2D eigenvalue weighted by Gasteiger charge is 2.61. The van der Waals surface area contributed by atoms with Crippen molar-refractivity contribution in [3.05, 3.63) is 42.0 Å². The molecule has 4 rings (SSSR count). The molecule has 1 N–H and O–H groups in total. The Labute approximate surface area is 138 Å². The zero-order valence-corrected chi connectivity index (χ0v) is 13.0. The summed E-state index contributed by atoms with van der Waals surface area (Å²) in [6.07, 6.45) is 2.84. The van der Waals surface area contributed by atoms with Crippen molar-refractivity contribution in [1.29, 1.82) is 0 Å². The summed E-state index contributed by atoms with van der Waals surface area (Å²) in [4.78, 5) is 36.8. The molecule has 2 saturated heterocycles. The fraction of sp³-hybridized carbons (Fsp3) is 0.353. The summed E-state index contributed by atoms with van der Waals surface area (Å²) in [7, 11) is 0. The van der Waals surface area contributed by atoms with E-state index in [0.717, 1.165) is 10.6 Å². The van der Waals surface area contributed by atoms with Crippen molar-refractivity contribution < 1.29 is 23.9 Å². The lowest BCUT2D eigenvalue weighted by Gasteiger charge is -2.18. The van der Waals surface area contributed by atoms with Gasteiger partial charge >= 0.3 is 0 Å². The van der Waals surface area contributed by atoms with Gasteiger partial charge in [0.25, 0.3) is 17.7 Å². The third-order valence-corrected chi connectivity index (χ3v) is 4.60. The zero-order valence-electron chi connectivity index (χ0n) is 13.0. The summed E-state index contributed by atoms with van der Waals surface area (Å²) in [6, 6.07) is 7.29. The maximum Gasteiger partial charge on any atom is 0.276 e. The van der Waals surface area contributed by atoms with Gasteiger partial charge in [0.1, 0.15) is 5.75 Å². The molecule has 7 heteroatoms. The predicted molar refractivity (Wildman–Crippen MR) is 81.5 cm³/mol. The van der Waals surface area contributed by atoms with Crippen LogP contribution in [0.1, 0.15) is 5.56 Å². The number of hydrogen-bond acceptors (Lipinski definition) is 5. The van der Waals surface area contributed by atoms with E-state index in [-0.39, 0.29) is 18.8 Å². The summed E-state index contributed by atoms with van der Waals surface area (Å²) in [5, 5.41) is 0.814. The largest absolute Gasteiger partial charge is 0.483 e. The van der Waals surface area contributed by atoms with Gasteiger partial charge in [0, 0.05) is 0 Å². The molecule has 0 radical (unpaired) electrons. The summed E-state index contributed by atoms with van der Waals surface area (Å²) >= 11 is 0. The smallest absolute Gasteiger partial charge is 0.276 e. The third-order valence-electron chi connectivity index (χ3n) is 4.60. The first-order valence-corrected chi connectivity index (χ1v) is 7.76. The lowest BCUT2D eigenvalue weighted by atomic mass is 9.85. The van der Waals surface area contributed by atoms with Crippen molar-refractivity contribution >= 4 is 17.7 Å². The molecule has 24 heavy (non-hydrogen) atoms. The highest BCUT2D eigenvalue weighted by atomic mass is 16.5. The van der Waals surface area contributed by atoms with Gasteiger partial charge in [0.2, 0.25) is 0 Å². The molecule has 0 spiro atoms. The fourth-order valence-electron chi connectivity index (χ4n) is 3.43. The van der Waals surface area contributed by atoms with Crippen molar-refractivity contribution in [2.75, 3.05) is 6.61 Å². The van der Waals surface area contributed by atoms with E-state index in [1.165, 1.54) is 0 Å². The minimum atomic E-state index is -0.554. The fourth-order valence-corrected chi connectivity index (χ4v) is 3.43. The van der Waals surface area contributed by atoms with Gasteiger partial charge in [-0.3, -0.25) is 19.8 Å². The van der Waals surface area contributed by atoms with Crippen LogP contribution in [-0.2, 0) is 19.1 Å². The minimum absolute atomic E-state index is 0.279. The number of carbonyl (C=O) groups excluding carboxylic acids is 3. The number of rotatable bonds is 4. The van der Waals surface area contributed by atoms with Gasteiger partial charge in [-0.1, -0.05) is 30.4 Å². The van der Waals surface area contributed by atoms with Crippen LogP contribution in [0.25, 0.3) is 0 Å². The average Bonchev–Trinajstić information content (AvgIpc) is 3.24. The SMILES string of the molecule is Cc1ccccc1OCC(=O)NN1C(=O)[C@@H]2[C@H](C1=O)[C@H]1C=C[C@@H]2O1. The molecule has 124 valence electrons. The standard InChI is InChI=1S/C17H16N2O5/c1-9-4-2-3-5-10(9)23-8-13(20)18-19-16(21)14-11-6-7-12(24-11)15(14)17(19)22/h2-7,11-12,14-15H,8H2,1H3,(H,18,20)/t11-,12+,14-,15+. The van der Waals surface area contributed by atoms with Gasteiger partial charge in [0.05, 0.1) is 24.0 Å². The van der Waals surface area contributed by atoms with Gasteiger partial charge in [-0.25, -0.2) is 0 Å². The van der Waals surface area contributed by atoms with Crippen LogP contribution in [0.15, 0.2) is 36.4 Å². The molecule has 0 aliphatic carbocycles. The maximum atomic E-state index is 12.4. The van der Waals surface area contributed by atoms with Crippen molar-refractivity contribution in [3.8, 4) is 5.75 Å². The Morgan fingerprint density at radius 1 is 1.17 bits per heavy atom. The lowest BCUT2D eigenvalue weighted by Crippen LogP contribution is -2.49. The molecule has 4 atom stereocenters. The molecule has 3 aliphatic rings. The van der Waals surface area contributed by atoms with E-state index in [9.17, 15) is 14.4 Å². The van der Waals surface area contributed by atoms with E-state index in [4.69, 9.17) is 9.47 Å². The second-order valence-corrected chi connectivity index (χ2v) is 6.10. The van der Waals surface area contributed by atoms with Gasteiger partial charge < -0.3 is 9.47 Å². The first kappa shape index (κ1) is 14.9. The van der Waals surface area contributed by atoms with Crippen LogP contribution >= 0.6 is 0 Å². The second-order valence-electron chi connectivity index (χ2n) is 6.10. The summed E-state index contributed by atoms with van der Waals surface area (Å²) in [5.41, 5.74) is 3.25. The number of nitrogens with one attached hydrogen (secondary N) is 1. The van der Waals surface area contributed by atoms with E-state index >= 15 is 0 Å². The molecule has 0 aromatic heterocycles. The summed E-state index contributed by atoms with van der Waals surface area (Å²) in [6.45, 7) is 1.59. The number of hydrazine groups is 1. The molecular weight excluding hydrogens is 312 g/mol. The number of hydrogen-bond donors (Lipinski definition) is 1. The highest BCUT2D eigenvalue weighted by Crippen LogP contribution is 2.44. The molecule has 1 aromatic carbocycles. The molecule has 0 saturated carbocycles. The Morgan fingerprint density at radius 3 is 2.42 bits per heavy atom. The molecule has 2 fully saturated rings. The van der Waals surface area contributed by atoms with Crippen molar-refractivity contribution in [3.63, 3.8) is 0 Å². The number of fused-ring (bicyclic) bond motifs is 5. The van der Waals surface area contributed by atoms with Crippen LogP contribution in [0.2, 0.25) is 0 Å². The first-order chi connectivity index (χ1) is 11.6. The highest BCUT2D eigenvalue weighted by molar-refractivity contribution is 6.07. The van der Waals surface area contributed by atoms with Gasteiger partial charge in [-0.2, -0.15) is 5.01 Å². The number of nitrogens with zero attached hydrogens (tertiary/aromatic N) is 1. The number of ether oxygens (including phenoxy) is 2. The van der Waals surface area contributed by atoms with Crippen LogP contribution < -0.4 is 10.2 Å². The van der Waals surface area contributed by atoms with Crippen molar-refractivity contribution in [2.24, 2.45) is 11.8 Å². The normalized spacial score (nSPS) is 30.0. The molecule has 2 bridgehead atoms. The van der Waals surface area contributed by atoms with Gasteiger partial charge in [0.15, 0.2) is 6.61 Å². The Kier molecular flexibility index (Phi) is 3.38. The van der Waals surface area contributed by atoms with Crippen LogP contribution in [0.4, 0.5) is 0 Å². The third kappa shape index (κ3) is 2.20. The zero-order chi connectivity index (χ0) is 16.8. The average molecular weight is 328 g/mol. The molecule has 7 nitrogen and oxygen atoms in total. The Bertz CT molecular complexity index is 729. The second kappa shape index (κ2) is 5.45. The van der Waals surface area contributed by atoms with Crippen molar-refractivity contribution in [2.45, 2.75) is 19.1 Å². The van der Waals surface area contributed by atoms with Crippen molar-refractivity contribution in [1.82, 2.24) is 10.4 Å². The van der Waals surface area contributed by atoms with E-state index in [0.29, 0.717) is 5.75 Å². The van der Waals surface area contributed by atoms with E-state index in [1.807, 2.05) is 19.1 Å². The molecule has 3 heterocycles. The summed E-state index contributed by atoms with van der Waals surface area (Å²) < 4.78 is 11.0. The lowest BCUT2D eigenvalue weighted by molar-refractivity contribution is -0.151. The number of amides is 3. The number of imide groups is 1. The van der Waals surface area contributed by atoms with Gasteiger partial charge in [-0.05, 0) is 18.6 Å². The maximum absolute atomic E-state index is 12.4. The predicted octanol–water partition coefficient (Wildman–Crippen LogP) is 0.343. The van der Waals surface area contributed by atoms with Crippen LogP contribution in [0, 0.1) is 18.8 Å². The molecule has 3 amide bonds. The Morgan fingerprint density at radius 2 is 1.79 bits per heavy atom. The minimum Gasteiger partial charge on any atom is -0.483 e. The Hall–Kier alpha value is -2.67. The quantitative estimate of drug-likeness (QED) is 0.636. The topological polar surface area (TPSA) is 84.9 Å². The first-order valence-electron chi connectivity index (χ1n) is 7.76. The van der Waals surface area contributed by atoms with Crippen LogP contribution in [0.5, 0.6) is 5.75 Å². The number of para-hydroxylation sites is 1. The van der Waals surface area contributed by atoms with Crippen LogP contribution in [-0.4, -0.2) is 41.5 Å². The van der Waals surface area contributed by atoms with Crippen LogP contribution in [0.3, 0.4) is 0 Å². The number of carbonyl (C=O) groups is 3. The molecule has 3 aliphatic heterocycles. The molecule has 1 aromatic rings. The number of aryl methyl sites for hydroxylation is 1.